The van der Waals surface area contributed by atoms with Crippen LogP contribution in [0.25, 0.3) is 0 Å². The standard InChI is InChI=1S/C13H18N2O2/c14-13(10-2-1-5-15-7-10)9-3-4-11-12(6-9)17-8-16-11/h3-4,6,10,13,15H,1-2,5,7-8,14H2. The van der Waals surface area contributed by atoms with Crippen molar-refractivity contribution in [1.82, 2.24) is 5.32 Å². The summed E-state index contributed by atoms with van der Waals surface area (Å²) in [6.07, 6.45) is 2.41. The second-order valence-electron chi connectivity index (χ2n) is 4.74. The summed E-state index contributed by atoms with van der Waals surface area (Å²) >= 11 is 0. The lowest BCUT2D eigenvalue weighted by Crippen LogP contribution is -2.36. The van der Waals surface area contributed by atoms with E-state index in [4.69, 9.17) is 15.2 Å². The molecule has 4 heteroatoms. The SMILES string of the molecule is NC(c1ccc2c(c1)OCO2)C1CCCNC1. The Morgan fingerprint density at radius 2 is 2.18 bits per heavy atom. The van der Waals surface area contributed by atoms with Gasteiger partial charge < -0.3 is 20.5 Å². The Kier molecular flexibility index (Phi) is 2.91. The summed E-state index contributed by atoms with van der Waals surface area (Å²) in [5.41, 5.74) is 7.47. The molecule has 17 heavy (non-hydrogen) atoms. The molecule has 92 valence electrons. The molecule has 2 unspecified atom stereocenters. The number of benzene rings is 1. The lowest BCUT2D eigenvalue weighted by Gasteiger charge is -2.28. The van der Waals surface area contributed by atoms with Crippen LogP contribution < -0.4 is 20.5 Å². The first-order chi connectivity index (χ1) is 8.34. The number of hydrogen-bond donors (Lipinski definition) is 2. The van der Waals surface area contributed by atoms with E-state index in [2.05, 4.69) is 5.32 Å². The molecule has 2 heterocycles. The molecule has 2 aliphatic rings. The molecule has 3 rings (SSSR count). The highest BCUT2D eigenvalue weighted by Gasteiger charge is 2.23. The van der Waals surface area contributed by atoms with Crippen LogP contribution in [0.2, 0.25) is 0 Å². The summed E-state index contributed by atoms with van der Waals surface area (Å²) in [5, 5.41) is 3.40. The van der Waals surface area contributed by atoms with Crippen molar-refractivity contribution in [2.45, 2.75) is 18.9 Å². The molecule has 0 spiro atoms. The first-order valence-corrected chi connectivity index (χ1v) is 6.20. The van der Waals surface area contributed by atoms with E-state index in [0.29, 0.717) is 12.7 Å². The molecule has 0 amide bonds. The Labute approximate surface area is 101 Å². The molecule has 0 saturated carbocycles. The fraction of sp³-hybridized carbons (Fsp3) is 0.538. The van der Waals surface area contributed by atoms with Crippen molar-refractivity contribution in [3.05, 3.63) is 23.8 Å². The summed E-state index contributed by atoms with van der Waals surface area (Å²) in [6.45, 7) is 2.44. The smallest absolute Gasteiger partial charge is 0.231 e. The van der Waals surface area contributed by atoms with E-state index in [-0.39, 0.29) is 6.04 Å². The number of ether oxygens (including phenoxy) is 2. The minimum absolute atomic E-state index is 0.0808. The lowest BCUT2D eigenvalue weighted by molar-refractivity contribution is 0.174. The monoisotopic (exact) mass is 234 g/mol. The average Bonchev–Trinajstić information content (AvgIpc) is 2.86. The first-order valence-electron chi connectivity index (χ1n) is 6.20. The maximum absolute atomic E-state index is 6.33. The summed E-state index contributed by atoms with van der Waals surface area (Å²) in [5.74, 6) is 2.16. The minimum Gasteiger partial charge on any atom is -0.454 e. The third-order valence-corrected chi connectivity index (χ3v) is 3.62. The third-order valence-electron chi connectivity index (χ3n) is 3.62. The Morgan fingerprint density at radius 3 is 3.00 bits per heavy atom. The summed E-state index contributed by atoms with van der Waals surface area (Å²) in [4.78, 5) is 0. The van der Waals surface area contributed by atoms with Crippen molar-refractivity contribution in [2.75, 3.05) is 19.9 Å². The predicted octanol–water partition coefficient (Wildman–Crippen LogP) is 1.41. The zero-order valence-electron chi connectivity index (χ0n) is 9.82. The van der Waals surface area contributed by atoms with Crippen LogP contribution in [-0.4, -0.2) is 19.9 Å². The van der Waals surface area contributed by atoms with E-state index in [0.717, 1.165) is 30.2 Å². The molecule has 0 aromatic heterocycles. The minimum atomic E-state index is 0.0808. The van der Waals surface area contributed by atoms with Gasteiger partial charge in [-0.3, -0.25) is 0 Å². The number of fused-ring (bicyclic) bond motifs is 1. The van der Waals surface area contributed by atoms with Crippen molar-refractivity contribution in [3.63, 3.8) is 0 Å². The van der Waals surface area contributed by atoms with Gasteiger partial charge in [-0.25, -0.2) is 0 Å². The summed E-state index contributed by atoms with van der Waals surface area (Å²) in [7, 11) is 0. The first kappa shape index (κ1) is 10.9. The van der Waals surface area contributed by atoms with Crippen LogP contribution in [0.5, 0.6) is 11.5 Å². The van der Waals surface area contributed by atoms with Gasteiger partial charge in [0.05, 0.1) is 0 Å². The van der Waals surface area contributed by atoms with Gasteiger partial charge in [0.2, 0.25) is 6.79 Å². The third kappa shape index (κ3) is 2.10. The van der Waals surface area contributed by atoms with Gasteiger partial charge in [-0.05, 0) is 49.5 Å². The Hall–Kier alpha value is -1.26. The molecular formula is C13H18N2O2. The van der Waals surface area contributed by atoms with Crippen LogP contribution in [0.1, 0.15) is 24.4 Å². The lowest BCUT2D eigenvalue weighted by atomic mass is 9.88. The van der Waals surface area contributed by atoms with Crippen LogP contribution in [-0.2, 0) is 0 Å². The van der Waals surface area contributed by atoms with Crippen molar-refractivity contribution >= 4 is 0 Å². The van der Waals surface area contributed by atoms with Gasteiger partial charge >= 0.3 is 0 Å². The van der Waals surface area contributed by atoms with Crippen LogP contribution in [0.15, 0.2) is 18.2 Å². The maximum Gasteiger partial charge on any atom is 0.231 e. The van der Waals surface area contributed by atoms with Crippen molar-refractivity contribution in [1.29, 1.82) is 0 Å². The highest BCUT2D eigenvalue weighted by Crippen LogP contribution is 2.35. The number of nitrogens with two attached hydrogens (primary N) is 1. The zero-order chi connectivity index (χ0) is 11.7. The van der Waals surface area contributed by atoms with Gasteiger partial charge in [0.1, 0.15) is 0 Å². The predicted molar refractivity (Wildman–Crippen MR) is 65.1 cm³/mol. The quantitative estimate of drug-likeness (QED) is 0.812. The molecule has 2 atom stereocenters. The average molecular weight is 234 g/mol. The van der Waals surface area contributed by atoms with E-state index < -0.39 is 0 Å². The Balaban J connectivity index is 1.78. The largest absolute Gasteiger partial charge is 0.454 e. The summed E-state index contributed by atoms with van der Waals surface area (Å²) in [6, 6.07) is 6.10. The molecule has 0 radical (unpaired) electrons. The van der Waals surface area contributed by atoms with E-state index in [1.807, 2.05) is 18.2 Å². The highest BCUT2D eigenvalue weighted by molar-refractivity contribution is 5.45. The Morgan fingerprint density at radius 1 is 1.29 bits per heavy atom. The zero-order valence-corrected chi connectivity index (χ0v) is 9.82. The highest BCUT2D eigenvalue weighted by atomic mass is 16.7. The molecule has 0 bridgehead atoms. The van der Waals surface area contributed by atoms with Crippen LogP contribution in [0.4, 0.5) is 0 Å². The number of hydrogen-bond acceptors (Lipinski definition) is 4. The molecule has 1 saturated heterocycles. The van der Waals surface area contributed by atoms with Gasteiger partial charge in [0, 0.05) is 6.04 Å². The normalized spacial score (nSPS) is 24.6. The Bertz CT molecular complexity index is 402. The fourth-order valence-corrected chi connectivity index (χ4v) is 2.58. The molecule has 1 fully saturated rings. The van der Waals surface area contributed by atoms with Crippen LogP contribution >= 0.6 is 0 Å². The molecule has 0 aliphatic carbocycles. The maximum atomic E-state index is 6.33. The van der Waals surface area contributed by atoms with Crippen LogP contribution in [0, 0.1) is 5.92 Å². The van der Waals surface area contributed by atoms with Gasteiger partial charge in [-0.1, -0.05) is 6.07 Å². The fourth-order valence-electron chi connectivity index (χ4n) is 2.58. The van der Waals surface area contributed by atoms with E-state index in [1.54, 1.807) is 0 Å². The van der Waals surface area contributed by atoms with E-state index in [1.165, 1.54) is 12.8 Å². The topological polar surface area (TPSA) is 56.5 Å². The number of nitrogens with one attached hydrogen (secondary N) is 1. The van der Waals surface area contributed by atoms with Crippen molar-refractivity contribution in [3.8, 4) is 11.5 Å². The molecular weight excluding hydrogens is 216 g/mol. The molecule has 4 nitrogen and oxygen atoms in total. The second kappa shape index (κ2) is 4.55. The van der Waals surface area contributed by atoms with Gasteiger partial charge in [0.15, 0.2) is 11.5 Å². The van der Waals surface area contributed by atoms with Crippen molar-refractivity contribution in [2.24, 2.45) is 11.7 Å². The van der Waals surface area contributed by atoms with Crippen molar-refractivity contribution < 1.29 is 9.47 Å². The van der Waals surface area contributed by atoms with Gasteiger partial charge in [0.25, 0.3) is 0 Å². The molecule has 1 aromatic rings. The van der Waals surface area contributed by atoms with Gasteiger partial charge in [-0.15, -0.1) is 0 Å². The van der Waals surface area contributed by atoms with Gasteiger partial charge in [-0.2, -0.15) is 0 Å². The number of piperidine rings is 1. The second-order valence-corrected chi connectivity index (χ2v) is 4.74. The summed E-state index contributed by atoms with van der Waals surface area (Å²) < 4.78 is 10.7. The van der Waals surface area contributed by atoms with E-state index in [9.17, 15) is 0 Å². The van der Waals surface area contributed by atoms with Crippen LogP contribution in [0.3, 0.4) is 0 Å². The molecule has 3 N–H and O–H groups in total. The van der Waals surface area contributed by atoms with E-state index >= 15 is 0 Å². The number of rotatable bonds is 2. The molecule has 1 aromatic carbocycles. The molecule has 2 aliphatic heterocycles.